The molecule has 11 heteroatoms. The molecule has 0 bridgehead atoms. The normalized spacial score (nSPS) is 10.0. The van der Waals surface area contributed by atoms with Crippen molar-refractivity contribution >= 4 is 33.4 Å². The summed E-state index contributed by atoms with van der Waals surface area (Å²) in [4.78, 5) is 15.8. The Labute approximate surface area is 250 Å². The quantitative estimate of drug-likeness (QED) is 0.215. The van der Waals surface area contributed by atoms with Crippen molar-refractivity contribution in [2.45, 2.75) is 13.8 Å². The molecule has 0 aliphatic rings. The Morgan fingerprint density at radius 3 is 1.86 bits per heavy atom. The van der Waals surface area contributed by atoms with Crippen LogP contribution in [0.25, 0.3) is 21.8 Å². The first-order valence-electron chi connectivity index (χ1n) is 12.6. The van der Waals surface area contributed by atoms with Crippen LogP contribution in [0.3, 0.4) is 0 Å². The number of aromatic hydroxyl groups is 1. The number of hydrogen-bond acceptors (Lipinski definition) is 8. The van der Waals surface area contributed by atoms with Gasteiger partial charge in [-0.25, -0.2) is 28.7 Å². The van der Waals surface area contributed by atoms with Gasteiger partial charge >= 0.3 is 0 Å². The van der Waals surface area contributed by atoms with Crippen molar-refractivity contribution in [2.75, 3.05) is 0 Å². The van der Waals surface area contributed by atoms with Gasteiger partial charge in [0.25, 0.3) is 0 Å². The van der Waals surface area contributed by atoms with Crippen LogP contribution in [0.4, 0.5) is 8.78 Å². The molecule has 4 heterocycles. The van der Waals surface area contributed by atoms with Crippen LogP contribution in [0.2, 0.25) is 5.02 Å². The van der Waals surface area contributed by atoms with Gasteiger partial charge in [-0.1, -0.05) is 35.9 Å². The molecular formula is C32H21ClF2N6O2. The fourth-order valence-corrected chi connectivity index (χ4v) is 3.89. The van der Waals surface area contributed by atoms with Gasteiger partial charge in [-0.05, 0) is 62.4 Å². The number of ether oxygens (including phenoxy) is 1. The third kappa shape index (κ3) is 7.33. The van der Waals surface area contributed by atoms with Gasteiger partial charge in [0.15, 0.2) is 17.1 Å². The van der Waals surface area contributed by atoms with Crippen LogP contribution in [0.1, 0.15) is 22.8 Å². The molecule has 0 spiro atoms. The molecular weight excluding hydrogens is 574 g/mol. The molecule has 6 aromatic rings. The lowest BCUT2D eigenvalue weighted by Crippen LogP contribution is -1.95. The molecule has 0 unspecified atom stereocenters. The minimum absolute atomic E-state index is 0.0955. The fourth-order valence-electron chi connectivity index (χ4n) is 3.72. The van der Waals surface area contributed by atoms with Crippen LogP contribution < -0.4 is 4.74 Å². The van der Waals surface area contributed by atoms with Gasteiger partial charge in [-0.2, -0.15) is 10.5 Å². The van der Waals surface area contributed by atoms with Crippen molar-refractivity contribution in [3.05, 3.63) is 125 Å². The number of aromatic nitrogens is 4. The van der Waals surface area contributed by atoms with E-state index in [2.05, 4.69) is 19.9 Å². The Bertz CT molecular complexity index is 2030. The topological polar surface area (TPSA) is 129 Å². The van der Waals surface area contributed by atoms with Crippen molar-refractivity contribution in [2.24, 2.45) is 0 Å². The summed E-state index contributed by atoms with van der Waals surface area (Å²) < 4.78 is 32.6. The first-order chi connectivity index (χ1) is 20.7. The molecule has 0 radical (unpaired) electrons. The van der Waals surface area contributed by atoms with Crippen molar-refractivity contribution in [3.8, 4) is 29.4 Å². The van der Waals surface area contributed by atoms with Crippen LogP contribution in [0.15, 0.2) is 85.2 Å². The van der Waals surface area contributed by atoms with Crippen molar-refractivity contribution in [1.29, 1.82) is 10.5 Å². The lowest BCUT2D eigenvalue weighted by Gasteiger charge is -2.10. The van der Waals surface area contributed by atoms with E-state index in [9.17, 15) is 13.9 Å². The van der Waals surface area contributed by atoms with Crippen LogP contribution in [0, 0.1) is 48.1 Å². The largest absolute Gasteiger partial charge is 0.506 e. The average Bonchev–Trinajstić information content (AvgIpc) is 3.00. The zero-order valence-electron chi connectivity index (χ0n) is 22.8. The fraction of sp³-hybridized carbons (Fsp3) is 0.0625. The number of fused-ring (bicyclic) bond motifs is 2. The first-order valence-corrected chi connectivity index (χ1v) is 12.9. The van der Waals surface area contributed by atoms with Gasteiger partial charge in [-0.3, -0.25) is 0 Å². The summed E-state index contributed by atoms with van der Waals surface area (Å²) in [5, 5.41) is 28.3. The van der Waals surface area contributed by atoms with Crippen LogP contribution in [0.5, 0.6) is 17.2 Å². The van der Waals surface area contributed by atoms with Gasteiger partial charge in [0.2, 0.25) is 0 Å². The Morgan fingerprint density at radius 1 is 0.721 bits per heavy atom. The lowest BCUT2D eigenvalue weighted by molar-refractivity contribution is 0.468. The molecule has 0 fully saturated rings. The minimum atomic E-state index is -0.374. The molecule has 43 heavy (non-hydrogen) atoms. The maximum atomic E-state index is 13.7. The second-order valence-corrected chi connectivity index (χ2v) is 9.20. The van der Waals surface area contributed by atoms with Gasteiger partial charge in [-0.15, -0.1) is 0 Å². The van der Waals surface area contributed by atoms with Crippen LogP contribution in [-0.4, -0.2) is 25.0 Å². The molecule has 0 aliphatic carbocycles. The minimum Gasteiger partial charge on any atom is -0.506 e. The van der Waals surface area contributed by atoms with E-state index in [1.807, 2.05) is 12.1 Å². The van der Waals surface area contributed by atoms with E-state index in [1.165, 1.54) is 30.6 Å². The number of nitrogens with zero attached hydrogens (tertiary/aromatic N) is 6. The number of aryl methyl sites for hydroxylation is 2. The summed E-state index contributed by atoms with van der Waals surface area (Å²) in [5.74, 6) is 0.179. The third-order valence-corrected chi connectivity index (χ3v) is 6.17. The van der Waals surface area contributed by atoms with E-state index >= 15 is 0 Å². The van der Waals surface area contributed by atoms with Crippen LogP contribution >= 0.6 is 11.6 Å². The number of para-hydroxylation sites is 2. The first kappa shape index (κ1) is 30.3. The number of nitriles is 2. The SMILES string of the molecule is Cc1nc2c(F)cccc2cc1O.Cc1nc2c(F)cccc2cc1Oc1cccnc1C#N.N#Cc1ncccc1Cl. The summed E-state index contributed by atoms with van der Waals surface area (Å²) in [7, 11) is 0. The summed E-state index contributed by atoms with van der Waals surface area (Å²) >= 11 is 5.54. The average molecular weight is 595 g/mol. The van der Waals surface area contributed by atoms with E-state index < -0.39 is 0 Å². The molecule has 8 nitrogen and oxygen atoms in total. The van der Waals surface area contributed by atoms with E-state index in [-0.39, 0.29) is 28.8 Å². The Balaban J connectivity index is 0.000000163. The summed E-state index contributed by atoms with van der Waals surface area (Å²) in [5.41, 5.74) is 2.06. The summed E-state index contributed by atoms with van der Waals surface area (Å²) in [6.07, 6.45) is 3.05. The molecule has 212 valence electrons. The number of benzene rings is 2. The summed E-state index contributed by atoms with van der Waals surface area (Å²) in [6.45, 7) is 3.37. The molecule has 0 atom stereocenters. The standard InChI is InChI=1S/C16H10FN3O.C10H8FNO.C6H3ClN2/c1-10-15(21-14-6-3-7-19-13(14)9-18)8-11-4-2-5-12(17)16(11)20-10;1-6-9(13)5-7-3-2-4-8(11)10(7)12-6;7-5-2-1-3-9-6(5)4-8/h2-8H,1H3;2-5,13H,1H3;1-3H. The zero-order valence-corrected chi connectivity index (χ0v) is 23.5. The Kier molecular flexibility index (Phi) is 9.69. The Morgan fingerprint density at radius 2 is 1.28 bits per heavy atom. The smallest absolute Gasteiger partial charge is 0.183 e. The van der Waals surface area contributed by atoms with Crippen molar-refractivity contribution < 1.29 is 18.6 Å². The third-order valence-electron chi connectivity index (χ3n) is 5.86. The summed E-state index contributed by atoms with van der Waals surface area (Å²) in [6, 6.07) is 23.1. The highest BCUT2D eigenvalue weighted by Gasteiger charge is 2.11. The van der Waals surface area contributed by atoms with Crippen molar-refractivity contribution in [1.82, 2.24) is 19.9 Å². The van der Waals surface area contributed by atoms with Gasteiger partial charge in [0.05, 0.1) is 16.4 Å². The zero-order chi connectivity index (χ0) is 30.9. The second-order valence-electron chi connectivity index (χ2n) is 8.80. The highest BCUT2D eigenvalue weighted by Crippen LogP contribution is 2.29. The lowest BCUT2D eigenvalue weighted by atomic mass is 10.2. The molecule has 6 rings (SSSR count). The van der Waals surface area contributed by atoms with E-state index in [1.54, 1.807) is 68.4 Å². The predicted octanol–water partition coefficient (Wildman–Crippen LogP) is 7.74. The number of hydrogen-bond donors (Lipinski definition) is 1. The number of pyridine rings is 4. The highest BCUT2D eigenvalue weighted by molar-refractivity contribution is 6.31. The maximum Gasteiger partial charge on any atom is 0.183 e. The molecule has 1 N–H and O–H groups in total. The highest BCUT2D eigenvalue weighted by atomic mass is 35.5. The predicted molar refractivity (Wildman–Crippen MR) is 158 cm³/mol. The Hall–Kier alpha value is -5.71. The van der Waals surface area contributed by atoms with Gasteiger partial charge in [0, 0.05) is 23.2 Å². The number of rotatable bonds is 2. The second kappa shape index (κ2) is 13.8. The molecule has 0 saturated carbocycles. The van der Waals surface area contributed by atoms with Crippen molar-refractivity contribution in [3.63, 3.8) is 0 Å². The molecule has 0 amide bonds. The van der Waals surface area contributed by atoms with Gasteiger partial charge in [0.1, 0.15) is 46.3 Å². The molecule has 4 aromatic heterocycles. The molecule has 0 aliphatic heterocycles. The maximum absolute atomic E-state index is 13.7. The van der Waals surface area contributed by atoms with Gasteiger partial charge < -0.3 is 9.84 Å². The molecule has 2 aromatic carbocycles. The number of halogens is 3. The van der Waals surface area contributed by atoms with E-state index in [0.29, 0.717) is 49.7 Å². The van der Waals surface area contributed by atoms with E-state index in [0.717, 1.165) is 0 Å². The molecule has 0 saturated heterocycles. The van der Waals surface area contributed by atoms with Crippen LogP contribution in [-0.2, 0) is 0 Å². The van der Waals surface area contributed by atoms with E-state index in [4.69, 9.17) is 26.9 Å². The monoisotopic (exact) mass is 594 g/mol.